The first-order valence-corrected chi connectivity index (χ1v) is 7.63. The minimum atomic E-state index is 0.630. The summed E-state index contributed by atoms with van der Waals surface area (Å²) in [5.74, 6) is 2.31. The van der Waals surface area contributed by atoms with E-state index in [4.69, 9.17) is 16.6 Å². The van der Waals surface area contributed by atoms with Crippen molar-refractivity contribution >= 4 is 22.6 Å². The SMILES string of the molecule is Cc1cc2c(-n3ccnc3C)nc(-c3cccc(Cl)c3)nc2[nH]1. The summed E-state index contributed by atoms with van der Waals surface area (Å²) in [5, 5.41) is 1.63. The van der Waals surface area contributed by atoms with E-state index in [9.17, 15) is 0 Å². The highest BCUT2D eigenvalue weighted by Gasteiger charge is 2.14. The molecule has 0 spiro atoms. The third-order valence-corrected chi connectivity index (χ3v) is 3.97. The molecule has 1 N–H and O–H groups in total. The van der Waals surface area contributed by atoms with Crippen molar-refractivity contribution in [3.8, 4) is 17.2 Å². The van der Waals surface area contributed by atoms with Crippen molar-refractivity contribution in [3.05, 3.63) is 59.3 Å². The highest BCUT2D eigenvalue weighted by Crippen LogP contribution is 2.26. The van der Waals surface area contributed by atoms with Gasteiger partial charge in [0.1, 0.15) is 11.5 Å². The second-order valence-electron chi connectivity index (χ2n) is 5.44. The molecule has 6 heteroatoms. The zero-order chi connectivity index (χ0) is 16.0. The Morgan fingerprint density at radius 1 is 1.13 bits per heavy atom. The third kappa shape index (κ3) is 2.39. The maximum atomic E-state index is 6.10. The van der Waals surface area contributed by atoms with Crippen LogP contribution in [0, 0.1) is 13.8 Å². The van der Waals surface area contributed by atoms with Crippen LogP contribution in [0.25, 0.3) is 28.2 Å². The summed E-state index contributed by atoms with van der Waals surface area (Å²) < 4.78 is 1.96. The van der Waals surface area contributed by atoms with Gasteiger partial charge in [-0.05, 0) is 32.0 Å². The molecular weight excluding hydrogens is 310 g/mol. The van der Waals surface area contributed by atoms with Gasteiger partial charge in [-0.2, -0.15) is 0 Å². The van der Waals surface area contributed by atoms with Crippen LogP contribution in [0.3, 0.4) is 0 Å². The van der Waals surface area contributed by atoms with E-state index in [1.165, 1.54) is 0 Å². The summed E-state index contributed by atoms with van der Waals surface area (Å²) >= 11 is 6.10. The van der Waals surface area contributed by atoms with Crippen molar-refractivity contribution in [2.75, 3.05) is 0 Å². The number of H-pyrrole nitrogens is 1. The maximum Gasteiger partial charge on any atom is 0.164 e. The number of aromatic amines is 1. The van der Waals surface area contributed by atoms with Gasteiger partial charge >= 0.3 is 0 Å². The van der Waals surface area contributed by atoms with Crippen molar-refractivity contribution in [2.45, 2.75) is 13.8 Å². The lowest BCUT2D eigenvalue weighted by Crippen LogP contribution is -2.02. The van der Waals surface area contributed by atoms with Crippen molar-refractivity contribution in [3.63, 3.8) is 0 Å². The van der Waals surface area contributed by atoms with Crippen LogP contribution in [0.1, 0.15) is 11.5 Å². The largest absolute Gasteiger partial charge is 0.343 e. The summed E-state index contributed by atoms with van der Waals surface area (Å²) in [6.07, 6.45) is 3.67. The molecule has 23 heavy (non-hydrogen) atoms. The Bertz CT molecular complexity index is 1010. The van der Waals surface area contributed by atoms with Crippen molar-refractivity contribution in [2.24, 2.45) is 0 Å². The molecule has 3 heterocycles. The van der Waals surface area contributed by atoms with Gasteiger partial charge in [0.2, 0.25) is 0 Å². The lowest BCUT2D eigenvalue weighted by atomic mass is 10.2. The van der Waals surface area contributed by atoms with Gasteiger partial charge in [0.05, 0.1) is 5.39 Å². The smallest absolute Gasteiger partial charge is 0.164 e. The van der Waals surface area contributed by atoms with E-state index in [-0.39, 0.29) is 0 Å². The van der Waals surface area contributed by atoms with Gasteiger partial charge in [-0.25, -0.2) is 15.0 Å². The molecular formula is C17H14ClN5. The Hall–Kier alpha value is -2.66. The molecule has 0 atom stereocenters. The number of halogens is 1. The maximum absolute atomic E-state index is 6.10. The van der Waals surface area contributed by atoms with Crippen LogP contribution in [0.15, 0.2) is 42.7 Å². The van der Waals surface area contributed by atoms with Crippen LogP contribution < -0.4 is 0 Å². The Kier molecular flexibility index (Phi) is 3.16. The molecule has 4 rings (SSSR count). The molecule has 1 aromatic carbocycles. The van der Waals surface area contributed by atoms with Crippen molar-refractivity contribution in [1.82, 2.24) is 24.5 Å². The number of benzene rings is 1. The Balaban J connectivity index is 2.03. The molecule has 0 bridgehead atoms. The van der Waals surface area contributed by atoms with E-state index in [1.807, 2.05) is 54.9 Å². The summed E-state index contributed by atoms with van der Waals surface area (Å²) in [7, 11) is 0. The third-order valence-electron chi connectivity index (χ3n) is 3.74. The van der Waals surface area contributed by atoms with E-state index >= 15 is 0 Å². The van der Waals surface area contributed by atoms with Crippen LogP contribution in [0.2, 0.25) is 5.02 Å². The molecule has 114 valence electrons. The fourth-order valence-corrected chi connectivity index (χ4v) is 2.86. The summed E-state index contributed by atoms with van der Waals surface area (Å²) in [5.41, 5.74) is 2.72. The molecule has 0 aliphatic heterocycles. The first-order chi connectivity index (χ1) is 11.1. The predicted octanol–water partition coefficient (Wildman–Crippen LogP) is 4.08. The van der Waals surface area contributed by atoms with Crippen LogP contribution in [-0.4, -0.2) is 24.5 Å². The number of nitrogens with one attached hydrogen (secondary N) is 1. The number of rotatable bonds is 2. The number of hydrogen-bond donors (Lipinski definition) is 1. The lowest BCUT2D eigenvalue weighted by Gasteiger charge is -2.08. The standard InChI is InChI=1S/C17H14ClN5/c1-10-8-14-16(20-10)21-15(12-4-3-5-13(18)9-12)22-17(14)23-7-6-19-11(23)2/h3-9H,1-2H3,(H,20,21,22). The molecule has 0 unspecified atom stereocenters. The van der Waals surface area contributed by atoms with Gasteiger partial charge in [0.25, 0.3) is 0 Å². The molecule has 0 fully saturated rings. The van der Waals surface area contributed by atoms with Crippen LogP contribution in [0.5, 0.6) is 0 Å². The molecule has 0 saturated carbocycles. The second kappa shape index (κ2) is 5.21. The molecule has 3 aromatic heterocycles. The van der Waals surface area contributed by atoms with Gasteiger partial charge in [-0.3, -0.25) is 4.57 Å². The normalized spacial score (nSPS) is 11.3. The summed E-state index contributed by atoms with van der Waals surface area (Å²) in [6.45, 7) is 3.96. The fourth-order valence-electron chi connectivity index (χ4n) is 2.67. The first kappa shape index (κ1) is 14.0. The summed E-state index contributed by atoms with van der Waals surface area (Å²) in [6, 6.07) is 9.60. The lowest BCUT2D eigenvalue weighted by molar-refractivity contribution is 0.937. The topological polar surface area (TPSA) is 59.4 Å². The van der Waals surface area contributed by atoms with Gasteiger partial charge in [0, 0.05) is 28.7 Å². The van der Waals surface area contributed by atoms with Gasteiger partial charge in [-0.1, -0.05) is 23.7 Å². The van der Waals surface area contributed by atoms with E-state index < -0.39 is 0 Å². The Morgan fingerprint density at radius 3 is 2.74 bits per heavy atom. The average molecular weight is 324 g/mol. The van der Waals surface area contributed by atoms with Crippen molar-refractivity contribution in [1.29, 1.82) is 0 Å². The molecule has 0 amide bonds. The average Bonchev–Trinajstić information content (AvgIpc) is 3.11. The fraction of sp³-hybridized carbons (Fsp3) is 0.118. The highest BCUT2D eigenvalue weighted by molar-refractivity contribution is 6.30. The van der Waals surface area contributed by atoms with E-state index in [2.05, 4.69) is 15.0 Å². The second-order valence-corrected chi connectivity index (χ2v) is 5.88. The van der Waals surface area contributed by atoms with Gasteiger partial charge in [-0.15, -0.1) is 0 Å². The van der Waals surface area contributed by atoms with E-state index in [1.54, 1.807) is 6.20 Å². The highest BCUT2D eigenvalue weighted by atomic mass is 35.5. The minimum absolute atomic E-state index is 0.630. The van der Waals surface area contributed by atoms with Gasteiger partial charge in [0.15, 0.2) is 11.6 Å². The molecule has 5 nitrogen and oxygen atoms in total. The number of imidazole rings is 1. The quantitative estimate of drug-likeness (QED) is 0.604. The number of aryl methyl sites for hydroxylation is 2. The Morgan fingerprint density at radius 2 is 2.00 bits per heavy atom. The van der Waals surface area contributed by atoms with Crippen LogP contribution >= 0.6 is 11.6 Å². The molecule has 4 aromatic rings. The monoisotopic (exact) mass is 323 g/mol. The number of aromatic nitrogens is 5. The van der Waals surface area contributed by atoms with E-state index in [0.717, 1.165) is 33.9 Å². The predicted molar refractivity (Wildman–Crippen MR) is 90.9 cm³/mol. The minimum Gasteiger partial charge on any atom is -0.343 e. The summed E-state index contributed by atoms with van der Waals surface area (Å²) in [4.78, 5) is 17.0. The Labute approximate surface area is 138 Å². The number of hydrogen-bond acceptors (Lipinski definition) is 3. The zero-order valence-corrected chi connectivity index (χ0v) is 13.5. The zero-order valence-electron chi connectivity index (χ0n) is 12.7. The molecule has 0 saturated heterocycles. The van der Waals surface area contributed by atoms with Gasteiger partial charge < -0.3 is 4.98 Å². The molecule has 0 radical (unpaired) electrons. The molecule has 0 aliphatic rings. The first-order valence-electron chi connectivity index (χ1n) is 7.25. The number of nitrogens with zero attached hydrogens (tertiary/aromatic N) is 4. The molecule has 0 aliphatic carbocycles. The van der Waals surface area contributed by atoms with Crippen molar-refractivity contribution < 1.29 is 0 Å². The van der Waals surface area contributed by atoms with E-state index in [0.29, 0.717) is 10.8 Å². The van der Waals surface area contributed by atoms with Crippen LogP contribution in [-0.2, 0) is 0 Å². The van der Waals surface area contributed by atoms with Crippen LogP contribution in [0.4, 0.5) is 0 Å². The number of fused-ring (bicyclic) bond motifs is 1.